The van der Waals surface area contributed by atoms with Crippen LogP contribution < -0.4 is 11.2 Å². The van der Waals surface area contributed by atoms with E-state index in [4.69, 9.17) is 11.6 Å². The van der Waals surface area contributed by atoms with Gasteiger partial charge in [0.15, 0.2) is 11.2 Å². The second-order valence-electron chi connectivity index (χ2n) is 6.69. The molecule has 3 aromatic rings. The molecular formula is C19H23ClN4O3. The zero-order valence-electron chi connectivity index (χ0n) is 15.6. The third kappa shape index (κ3) is 3.70. The number of aromatic nitrogens is 4. The van der Waals surface area contributed by atoms with Gasteiger partial charge in [-0.25, -0.2) is 9.78 Å². The van der Waals surface area contributed by atoms with Gasteiger partial charge in [-0.15, -0.1) is 0 Å². The Kier molecular flexibility index (Phi) is 5.53. The second kappa shape index (κ2) is 7.70. The molecule has 0 amide bonds. The van der Waals surface area contributed by atoms with Crippen molar-refractivity contribution in [2.75, 3.05) is 0 Å². The maximum absolute atomic E-state index is 13.1. The summed E-state index contributed by atoms with van der Waals surface area (Å²) in [5.74, 6) is 0.651. The highest BCUT2D eigenvalue weighted by atomic mass is 35.5. The minimum absolute atomic E-state index is 0.168. The summed E-state index contributed by atoms with van der Waals surface area (Å²) >= 11 is 5.95. The molecule has 0 spiro atoms. The number of aliphatic hydroxyl groups is 1. The van der Waals surface area contributed by atoms with E-state index in [1.807, 2.05) is 30.5 Å². The topological polar surface area (TPSA) is 82.1 Å². The molecule has 2 aromatic heterocycles. The van der Waals surface area contributed by atoms with Gasteiger partial charge in [0, 0.05) is 25.2 Å². The third-order valence-corrected chi connectivity index (χ3v) is 5.09. The number of halogens is 1. The minimum atomic E-state index is -0.544. The van der Waals surface area contributed by atoms with Crippen LogP contribution in [-0.4, -0.2) is 29.9 Å². The number of benzene rings is 1. The van der Waals surface area contributed by atoms with Gasteiger partial charge in [0.05, 0.1) is 6.10 Å². The molecule has 1 N–H and O–H groups in total. The SMILES string of the molecule is CCC(O)CCn1c(=O)c2c(nc(C)n2Cc2ccc(Cl)cc2)n(C)c1=O. The summed E-state index contributed by atoms with van der Waals surface area (Å²) in [4.78, 5) is 30.1. The van der Waals surface area contributed by atoms with E-state index in [2.05, 4.69) is 4.98 Å². The summed E-state index contributed by atoms with van der Waals surface area (Å²) in [6.07, 6.45) is 0.379. The largest absolute Gasteiger partial charge is 0.393 e. The van der Waals surface area contributed by atoms with Crippen molar-refractivity contribution in [2.45, 2.75) is 45.9 Å². The van der Waals surface area contributed by atoms with Crippen molar-refractivity contribution in [3.63, 3.8) is 0 Å². The first-order valence-electron chi connectivity index (χ1n) is 8.92. The lowest BCUT2D eigenvalue weighted by molar-refractivity contribution is 0.153. The van der Waals surface area contributed by atoms with E-state index in [0.29, 0.717) is 41.4 Å². The summed E-state index contributed by atoms with van der Waals surface area (Å²) in [5.41, 5.74) is 0.917. The van der Waals surface area contributed by atoms with Crippen molar-refractivity contribution >= 4 is 22.8 Å². The van der Waals surface area contributed by atoms with Crippen LogP contribution in [-0.2, 0) is 20.1 Å². The number of nitrogens with zero attached hydrogens (tertiary/aromatic N) is 4. The highest BCUT2D eigenvalue weighted by Crippen LogP contribution is 2.15. The summed E-state index contributed by atoms with van der Waals surface area (Å²) in [6, 6.07) is 7.38. The zero-order valence-corrected chi connectivity index (χ0v) is 16.4. The van der Waals surface area contributed by atoms with Gasteiger partial charge in [0.25, 0.3) is 5.56 Å². The van der Waals surface area contributed by atoms with Crippen LogP contribution >= 0.6 is 11.6 Å². The maximum Gasteiger partial charge on any atom is 0.332 e. The van der Waals surface area contributed by atoms with Gasteiger partial charge >= 0.3 is 5.69 Å². The van der Waals surface area contributed by atoms with Gasteiger partial charge in [0.1, 0.15) is 5.82 Å². The minimum Gasteiger partial charge on any atom is -0.393 e. The molecule has 0 aliphatic heterocycles. The molecule has 0 bridgehead atoms. The van der Waals surface area contributed by atoms with E-state index >= 15 is 0 Å². The van der Waals surface area contributed by atoms with Crippen LogP contribution in [0, 0.1) is 6.92 Å². The Morgan fingerprint density at radius 1 is 1.19 bits per heavy atom. The van der Waals surface area contributed by atoms with Crippen molar-refractivity contribution < 1.29 is 5.11 Å². The lowest BCUT2D eigenvalue weighted by Crippen LogP contribution is -2.40. The summed E-state index contributed by atoms with van der Waals surface area (Å²) in [7, 11) is 1.61. The van der Waals surface area contributed by atoms with E-state index in [-0.39, 0.29) is 12.1 Å². The molecule has 0 saturated heterocycles. The molecule has 8 heteroatoms. The number of aliphatic hydroxyl groups excluding tert-OH is 1. The Bertz CT molecular complexity index is 1080. The monoisotopic (exact) mass is 390 g/mol. The molecule has 0 saturated carbocycles. The predicted molar refractivity (Wildman–Crippen MR) is 105 cm³/mol. The molecule has 3 rings (SSSR count). The van der Waals surface area contributed by atoms with Gasteiger partial charge in [-0.1, -0.05) is 30.7 Å². The average molecular weight is 391 g/mol. The van der Waals surface area contributed by atoms with Crippen molar-refractivity contribution in [3.05, 3.63) is 61.5 Å². The second-order valence-corrected chi connectivity index (χ2v) is 7.13. The predicted octanol–water partition coefficient (Wildman–Crippen LogP) is 2.07. The molecule has 27 heavy (non-hydrogen) atoms. The Balaban J connectivity index is 2.13. The van der Waals surface area contributed by atoms with Crippen molar-refractivity contribution in [1.29, 1.82) is 0 Å². The number of aryl methyl sites for hydroxylation is 2. The quantitative estimate of drug-likeness (QED) is 0.698. The summed E-state index contributed by atoms with van der Waals surface area (Å²) < 4.78 is 4.38. The fourth-order valence-corrected chi connectivity index (χ4v) is 3.25. The highest BCUT2D eigenvalue weighted by Gasteiger charge is 2.19. The van der Waals surface area contributed by atoms with Crippen LogP contribution in [0.1, 0.15) is 31.2 Å². The van der Waals surface area contributed by atoms with E-state index < -0.39 is 11.8 Å². The molecule has 0 radical (unpaired) electrons. The van der Waals surface area contributed by atoms with Crippen LogP contribution in [0.15, 0.2) is 33.9 Å². The van der Waals surface area contributed by atoms with E-state index in [1.165, 1.54) is 9.13 Å². The van der Waals surface area contributed by atoms with Crippen LogP contribution in [0.3, 0.4) is 0 Å². The van der Waals surface area contributed by atoms with Crippen LogP contribution in [0.5, 0.6) is 0 Å². The molecule has 0 fully saturated rings. The summed E-state index contributed by atoms with van der Waals surface area (Å²) in [5, 5.41) is 10.5. The van der Waals surface area contributed by atoms with E-state index in [0.717, 1.165) is 5.56 Å². The fourth-order valence-electron chi connectivity index (χ4n) is 3.13. The van der Waals surface area contributed by atoms with Crippen molar-refractivity contribution in [3.8, 4) is 0 Å². The number of hydrogen-bond acceptors (Lipinski definition) is 4. The Morgan fingerprint density at radius 3 is 2.48 bits per heavy atom. The lowest BCUT2D eigenvalue weighted by atomic mass is 10.2. The molecule has 1 unspecified atom stereocenters. The smallest absolute Gasteiger partial charge is 0.332 e. The number of fused-ring (bicyclic) bond motifs is 1. The average Bonchev–Trinajstić information content (AvgIpc) is 2.98. The van der Waals surface area contributed by atoms with Gasteiger partial charge < -0.3 is 9.67 Å². The van der Waals surface area contributed by atoms with Crippen LogP contribution in [0.2, 0.25) is 5.02 Å². The first-order valence-corrected chi connectivity index (χ1v) is 9.30. The molecule has 1 aromatic carbocycles. The zero-order chi connectivity index (χ0) is 19.7. The first kappa shape index (κ1) is 19.4. The Labute approximate surface area is 161 Å². The fraction of sp³-hybridized carbons (Fsp3) is 0.421. The molecule has 2 heterocycles. The van der Waals surface area contributed by atoms with Crippen molar-refractivity contribution in [2.24, 2.45) is 7.05 Å². The van der Waals surface area contributed by atoms with Crippen LogP contribution in [0.4, 0.5) is 0 Å². The van der Waals surface area contributed by atoms with Crippen LogP contribution in [0.25, 0.3) is 11.2 Å². The molecule has 7 nitrogen and oxygen atoms in total. The number of imidazole rings is 1. The molecule has 144 valence electrons. The lowest BCUT2D eigenvalue weighted by Gasteiger charge is -2.12. The standard InChI is InChI=1S/C19H23ClN4O3/c1-4-15(25)9-10-23-18(26)16-17(22(3)19(23)27)21-12(2)24(16)11-13-5-7-14(20)8-6-13/h5-8,15,25H,4,9-11H2,1-3H3. The highest BCUT2D eigenvalue weighted by molar-refractivity contribution is 6.30. The summed E-state index contributed by atoms with van der Waals surface area (Å²) in [6.45, 7) is 4.29. The third-order valence-electron chi connectivity index (χ3n) is 4.83. The van der Waals surface area contributed by atoms with Crippen molar-refractivity contribution in [1.82, 2.24) is 18.7 Å². The normalized spacial score (nSPS) is 12.6. The Hall–Kier alpha value is -2.38. The van der Waals surface area contributed by atoms with E-state index in [9.17, 15) is 14.7 Å². The Morgan fingerprint density at radius 2 is 1.85 bits per heavy atom. The van der Waals surface area contributed by atoms with E-state index in [1.54, 1.807) is 19.2 Å². The van der Waals surface area contributed by atoms with Gasteiger partial charge in [-0.2, -0.15) is 0 Å². The van der Waals surface area contributed by atoms with Gasteiger partial charge in [0.2, 0.25) is 0 Å². The van der Waals surface area contributed by atoms with Gasteiger partial charge in [-0.3, -0.25) is 13.9 Å². The molecular weight excluding hydrogens is 368 g/mol. The maximum atomic E-state index is 13.1. The van der Waals surface area contributed by atoms with Gasteiger partial charge in [-0.05, 0) is 37.5 Å². The first-order chi connectivity index (χ1) is 12.8. The number of rotatable bonds is 6. The molecule has 1 atom stereocenters. The molecule has 0 aliphatic carbocycles. The molecule has 0 aliphatic rings. The number of hydrogen-bond donors (Lipinski definition) is 1.